The fraction of sp³-hybridized carbons (Fsp3) is 0.429. The fourth-order valence-corrected chi connectivity index (χ4v) is 2.77. The Morgan fingerprint density at radius 3 is 2.80 bits per heavy atom. The van der Waals surface area contributed by atoms with Crippen molar-refractivity contribution in [3.05, 3.63) is 35.1 Å². The van der Waals surface area contributed by atoms with Crippen molar-refractivity contribution in [2.45, 2.75) is 18.4 Å². The molecule has 1 aliphatic heterocycles. The second kappa shape index (κ2) is 4.56. The first kappa shape index (κ1) is 13.1. The first-order valence-corrected chi connectivity index (χ1v) is 6.55. The highest BCUT2D eigenvalue weighted by Gasteiger charge is 2.49. The standard InChI is InChI=1S/C14H16FN3O2/c15-11-4-1-8(13(17)19)5-10(11)14(9-2-3-9)7-20-6-12(16)18-14/h1,4-5,9H,2-3,6-7H2,(H2,16,18)(H2,17,19). The van der Waals surface area contributed by atoms with Gasteiger partial charge < -0.3 is 16.2 Å². The molecule has 1 aromatic carbocycles. The molecule has 20 heavy (non-hydrogen) atoms. The van der Waals surface area contributed by atoms with Gasteiger partial charge in [-0.2, -0.15) is 0 Å². The van der Waals surface area contributed by atoms with Gasteiger partial charge in [-0.3, -0.25) is 9.79 Å². The number of hydrogen-bond donors (Lipinski definition) is 2. The summed E-state index contributed by atoms with van der Waals surface area (Å²) in [6.07, 6.45) is 1.89. The van der Waals surface area contributed by atoms with E-state index in [0.29, 0.717) is 11.4 Å². The van der Waals surface area contributed by atoms with Crippen molar-refractivity contribution in [2.75, 3.05) is 13.2 Å². The average Bonchev–Trinajstić information content (AvgIpc) is 3.23. The van der Waals surface area contributed by atoms with Crippen LogP contribution in [0.4, 0.5) is 4.39 Å². The van der Waals surface area contributed by atoms with E-state index in [-0.39, 0.29) is 24.7 Å². The van der Waals surface area contributed by atoms with E-state index >= 15 is 0 Å². The minimum atomic E-state index is -0.822. The van der Waals surface area contributed by atoms with E-state index in [1.54, 1.807) is 0 Å². The molecule has 0 bridgehead atoms. The van der Waals surface area contributed by atoms with Gasteiger partial charge >= 0.3 is 0 Å². The van der Waals surface area contributed by atoms with Crippen LogP contribution in [0.15, 0.2) is 23.2 Å². The molecule has 2 aliphatic rings. The Kier molecular flexibility index (Phi) is 2.97. The van der Waals surface area contributed by atoms with Crippen molar-refractivity contribution in [1.82, 2.24) is 0 Å². The molecular formula is C14H16FN3O2. The van der Waals surface area contributed by atoms with Crippen LogP contribution in [0, 0.1) is 11.7 Å². The Labute approximate surface area is 115 Å². The maximum absolute atomic E-state index is 14.3. The number of hydrogen-bond acceptors (Lipinski definition) is 4. The van der Waals surface area contributed by atoms with Crippen LogP contribution in [0.25, 0.3) is 0 Å². The number of nitrogens with zero attached hydrogens (tertiary/aromatic N) is 1. The Morgan fingerprint density at radius 1 is 1.45 bits per heavy atom. The number of aliphatic imine (C=N–C) groups is 1. The first-order valence-electron chi connectivity index (χ1n) is 6.55. The van der Waals surface area contributed by atoms with Crippen LogP contribution in [-0.2, 0) is 10.3 Å². The largest absolute Gasteiger partial charge is 0.386 e. The number of amidine groups is 1. The highest BCUT2D eigenvalue weighted by molar-refractivity contribution is 5.93. The van der Waals surface area contributed by atoms with Crippen molar-refractivity contribution in [1.29, 1.82) is 0 Å². The zero-order chi connectivity index (χ0) is 14.3. The molecule has 5 nitrogen and oxygen atoms in total. The van der Waals surface area contributed by atoms with E-state index in [2.05, 4.69) is 4.99 Å². The van der Waals surface area contributed by atoms with Gasteiger partial charge in [0, 0.05) is 11.1 Å². The fourth-order valence-electron chi connectivity index (χ4n) is 2.77. The predicted octanol–water partition coefficient (Wildman–Crippen LogP) is 0.917. The molecular weight excluding hydrogens is 261 g/mol. The SMILES string of the molecule is NC(=O)c1ccc(F)c(C2(C3CC3)COCC(N)=N2)c1. The summed E-state index contributed by atoms with van der Waals surface area (Å²) in [5.41, 5.74) is 10.8. The lowest BCUT2D eigenvalue weighted by molar-refractivity contribution is 0.0839. The Balaban J connectivity index is 2.15. The molecule has 1 heterocycles. The minimum Gasteiger partial charge on any atom is -0.386 e. The summed E-state index contributed by atoms with van der Waals surface area (Å²) in [5, 5.41) is 0. The smallest absolute Gasteiger partial charge is 0.248 e. The van der Waals surface area contributed by atoms with Gasteiger partial charge in [0.2, 0.25) is 5.91 Å². The van der Waals surface area contributed by atoms with Crippen LogP contribution in [0.2, 0.25) is 0 Å². The highest BCUT2D eigenvalue weighted by atomic mass is 19.1. The van der Waals surface area contributed by atoms with Crippen LogP contribution in [0.1, 0.15) is 28.8 Å². The molecule has 6 heteroatoms. The number of amides is 1. The van der Waals surface area contributed by atoms with Crippen LogP contribution >= 0.6 is 0 Å². The van der Waals surface area contributed by atoms with Crippen molar-refractivity contribution in [3.63, 3.8) is 0 Å². The zero-order valence-corrected chi connectivity index (χ0v) is 10.9. The van der Waals surface area contributed by atoms with Crippen LogP contribution in [0.3, 0.4) is 0 Å². The van der Waals surface area contributed by atoms with Gasteiger partial charge in [-0.25, -0.2) is 4.39 Å². The summed E-state index contributed by atoms with van der Waals surface area (Å²) < 4.78 is 19.7. The Bertz CT molecular complexity index is 598. The van der Waals surface area contributed by atoms with Gasteiger partial charge in [-0.15, -0.1) is 0 Å². The molecule has 1 fully saturated rings. The van der Waals surface area contributed by atoms with Gasteiger partial charge in [0.25, 0.3) is 0 Å². The number of primary amides is 1. The first-order chi connectivity index (χ1) is 9.53. The number of nitrogens with two attached hydrogens (primary N) is 2. The van der Waals surface area contributed by atoms with E-state index < -0.39 is 17.3 Å². The molecule has 106 valence electrons. The maximum Gasteiger partial charge on any atom is 0.248 e. The monoisotopic (exact) mass is 277 g/mol. The Morgan fingerprint density at radius 2 is 2.20 bits per heavy atom. The molecule has 1 saturated carbocycles. The second-order valence-corrected chi connectivity index (χ2v) is 5.35. The normalized spacial score (nSPS) is 26.1. The number of ether oxygens (including phenoxy) is 1. The third-order valence-corrected chi connectivity index (χ3v) is 3.89. The quantitative estimate of drug-likeness (QED) is 0.860. The summed E-state index contributed by atoms with van der Waals surface area (Å²) in [6.45, 7) is 0.531. The van der Waals surface area contributed by atoms with Gasteiger partial charge in [0.1, 0.15) is 23.8 Å². The molecule has 1 atom stereocenters. The lowest BCUT2D eigenvalue weighted by Gasteiger charge is -2.34. The summed E-state index contributed by atoms with van der Waals surface area (Å²) in [4.78, 5) is 15.8. The summed E-state index contributed by atoms with van der Waals surface area (Å²) in [6, 6.07) is 4.10. The number of carbonyl (C=O) groups is 1. The van der Waals surface area contributed by atoms with Crippen LogP contribution in [-0.4, -0.2) is 25.0 Å². The lowest BCUT2D eigenvalue weighted by Crippen LogP contribution is -2.42. The zero-order valence-electron chi connectivity index (χ0n) is 10.9. The molecule has 4 N–H and O–H groups in total. The third-order valence-electron chi connectivity index (χ3n) is 3.89. The molecule has 0 saturated heterocycles. The molecule has 1 amide bonds. The van der Waals surface area contributed by atoms with Crippen molar-refractivity contribution in [3.8, 4) is 0 Å². The summed E-state index contributed by atoms with van der Waals surface area (Å²) in [7, 11) is 0. The van der Waals surface area contributed by atoms with Crippen molar-refractivity contribution < 1.29 is 13.9 Å². The van der Waals surface area contributed by atoms with E-state index in [4.69, 9.17) is 16.2 Å². The van der Waals surface area contributed by atoms with E-state index in [9.17, 15) is 9.18 Å². The van der Waals surface area contributed by atoms with Crippen LogP contribution in [0.5, 0.6) is 0 Å². The summed E-state index contributed by atoms with van der Waals surface area (Å²) in [5.74, 6) is -0.458. The number of rotatable bonds is 3. The molecule has 3 rings (SSSR count). The molecule has 1 aliphatic carbocycles. The molecule has 1 unspecified atom stereocenters. The minimum absolute atomic E-state index is 0.193. The average molecular weight is 277 g/mol. The predicted molar refractivity (Wildman–Crippen MR) is 71.8 cm³/mol. The topological polar surface area (TPSA) is 90.7 Å². The molecule has 0 radical (unpaired) electrons. The van der Waals surface area contributed by atoms with E-state index in [1.807, 2.05) is 0 Å². The summed E-state index contributed by atoms with van der Waals surface area (Å²) >= 11 is 0. The van der Waals surface area contributed by atoms with Crippen LogP contribution < -0.4 is 11.5 Å². The van der Waals surface area contributed by atoms with E-state index in [1.165, 1.54) is 18.2 Å². The number of halogens is 1. The van der Waals surface area contributed by atoms with E-state index in [0.717, 1.165) is 12.8 Å². The molecule has 1 aromatic rings. The molecule has 0 aromatic heterocycles. The lowest BCUT2D eigenvalue weighted by atomic mass is 9.84. The van der Waals surface area contributed by atoms with Gasteiger partial charge in [-0.05, 0) is 37.0 Å². The van der Waals surface area contributed by atoms with Crippen molar-refractivity contribution in [2.24, 2.45) is 22.4 Å². The van der Waals surface area contributed by atoms with Crippen molar-refractivity contribution >= 4 is 11.7 Å². The Hall–Kier alpha value is -1.95. The van der Waals surface area contributed by atoms with Gasteiger partial charge in [0.15, 0.2) is 0 Å². The maximum atomic E-state index is 14.3. The number of carbonyl (C=O) groups excluding carboxylic acids is 1. The number of benzene rings is 1. The van der Waals surface area contributed by atoms with Gasteiger partial charge in [-0.1, -0.05) is 0 Å². The van der Waals surface area contributed by atoms with Gasteiger partial charge in [0.05, 0.1) is 6.61 Å². The third kappa shape index (κ3) is 2.06. The molecule has 0 spiro atoms. The highest BCUT2D eigenvalue weighted by Crippen LogP contribution is 2.50. The second-order valence-electron chi connectivity index (χ2n) is 5.35.